The molecule has 1 aliphatic rings. The lowest BCUT2D eigenvalue weighted by atomic mass is 9.82. The number of ether oxygens (including phenoxy) is 2. The van der Waals surface area contributed by atoms with Gasteiger partial charge in [-0.2, -0.15) is 0 Å². The van der Waals surface area contributed by atoms with Crippen molar-refractivity contribution in [1.82, 2.24) is 4.98 Å². The van der Waals surface area contributed by atoms with Gasteiger partial charge in [0, 0.05) is 11.6 Å². The summed E-state index contributed by atoms with van der Waals surface area (Å²) in [5.74, 6) is 0.625. The van der Waals surface area contributed by atoms with Crippen molar-refractivity contribution in [2.24, 2.45) is 5.92 Å². The highest BCUT2D eigenvalue weighted by molar-refractivity contribution is 5.84. The molecule has 0 bridgehead atoms. The summed E-state index contributed by atoms with van der Waals surface area (Å²) in [6.45, 7) is 0. The number of para-hydroxylation sites is 1. The fourth-order valence-corrected chi connectivity index (χ4v) is 2.37. The molecule has 0 unspecified atom stereocenters. The first-order valence-corrected chi connectivity index (χ1v) is 6.36. The lowest BCUT2D eigenvalue weighted by Crippen LogP contribution is -2.38. The van der Waals surface area contributed by atoms with Crippen LogP contribution in [0.4, 0.5) is 0 Å². The predicted molar refractivity (Wildman–Crippen MR) is 70.9 cm³/mol. The molecule has 3 rings (SSSR count). The average Bonchev–Trinajstić information content (AvgIpc) is 2.41. The molecule has 0 atom stereocenters. The molecule has 0 spiro atoms. The molecule has 1 saturated carbocycles. The Kier molecular flexibility index (Phi) is 3.07. The third-order valence-corrected chi connectivity index (χ3v) is 3.52. The number of nitrogens with zero attached hydrogens (tertiary/aromatic N) is 1. The van der Waals surface area contributed by atoms with Crippen molar-refractivity contribution in [1.29, 1.82) is 0 Å². The van der Waals surface area contributed by atoms with Crippen molar-refractivity contribution >= 4 is 16.9 Å². The highest BCUT2D eigenvalue weighted by Crippen LogP contribution is 2.34. The second kappa shape index (κ2) is 4.88. The van der Waals surface area contributed by atoms with Crippen molar-refractivity contribution in [2.45, 2.75) is 18.9 Å². The van der Waals surface area contributed by atoms with Gasteiger partial charge >= 0.3 is 5.97 Å². The topological polar surface area (TPSA) is 48.4 Å². The van der Waals surface area contributed by atoms with Gasteiger partial charge < -0.3 is 9.47 Å². The van der Waals surface area contributed by atoms with Crippen LogP contribution in [0.1, 0.15) is 12.8 Å². The highest BCUT2D eigenvalue weighted by atomic mass is 16.5. The van der Waals surface area contributed by atoms with Crippen LogP contribution in [0, 0.1) is 5.92 Å². The first kappa shape index (κ1) is 12.0. The fourth-order valence-electron chi connectivity index (χ4n) is 2.37. The highest BCUT2D eigenvalue weighted by Gasteiger charge is 2.37. The quantitative estimate of drug-likeness (QED) is 0.793. The van der Waals surface area contributed by atoms with E-state index in [4.69, 9.17) is 9.47 Å². The van der Waals surface area contributed by atoms with E-state index in [0.717, 1.165) is 29.5 Å². The lowest BCUT2D eigenvalue weighted by molar-refractivity contribution is -0.151. The number of hydrogen-bond acceptors (Lipinski definition) is 4. The molecule has 1 aromatic heterocycles. The smallest absolute Gasteiger partial charge is 0.308 e. The van der Waals surface area contributed by atoms with Crippen molar-refractivity contribution < 1.29 is 14.3 Å². The van der Waals surface area contributed by atoms with Crippen LogP contribution in [0.5, 0.6) is 5.75 Å². The van der Waals surface area contributed by atoms with E-state index in [1.807, 2.05) is 30.3 Å². The number of fused-ring (bicyclic) bond motifs is 1. The first-order valence-electron chi connectivity index (χ1n) is 6.36. The van der Waals surface area contributed by atoms with Crippen LogP contribution in [0.3, 0.4) is 0 Å². The van der Waals surface area contributed by atoms with Gasteiger partial charge in [0.1, 0.15) is 17.4 Å². The maximum Gasteiger partial charge on any atom is 0.308 e. The third kappa shape index (κ3) is 2.26. The second-order valence-electron chi connectivity index (χ2n) is 4.76. The van der Waals surface area contributed by atoms with Crippen molar-refractivity contribution in [3.63, 3.8) is 0 Å². The molecule has 0 saturated heterocycles. The van der Waals surface area contributed by atoms with E-state index in [1.54, 1.807) is 6.20 Å². The second-order valence-corrected chi connectivity index (χ2v) is 4.76. The van der Waals surface area contributed by atoms with Gasteiger partial charge in [-0.3, -0.25) is 9.78 Å². The number of esters is 1. The van der Waals surface area contributed by atoms with Crippen molar-refractivity contribution in [3.8, 4) is 5.75 Å². The van der Waals surface area contributed by atoms with Gasteiger partial charge in [0.25, 0.3) is 0 Å². The Morgan fingerprint density at radius 3 is 2.84 bits per heavy atom. The molecule has 4 heteroatoms. The van der Waals surface area contributed by atoms with Gasteiger partial charge in [0.15, 0.2) is 0 Å². The molecular formula is C15H15NO3. The third-order valence-electron chi connectivity index (χ3n) is 3.52. The maximum atomic E-state index is 11.3. The fraction of sp³-hybridized carbons (Fsp3) is 0.333. The summed E-state index contributed by atoms with van der Waals surface area (Å²) in [6, 6.07) is 9.79. The van der Waals surface area contributed by atoms with Gasteiger partial charge in [-0.1, -0.05) is 18.2 Å². The minimum Gasteiger partial charge on any atom is -0.488 e. The minimum atomic E-state index is -0.143. The van der Waals surface area contributed by atoms with Crippen molar-refractivity contribution in [3.05, 3.63) is 36.5 Å². The molecule has 1 fully saturated rings. The molecule has 1 aromatic carbocycles. The SMILES string of the molecule is COC(=O)[C@H]1C[C@H](Oc2cccc3cccnc23)C1. The molecule has 19 heavy (non-hydrogen) atoms. The molecule has 2 aromatic rings. The van der Waals surface area contributed by atoms with Crippen LogP contribution in [0.15, 0.2) is 36.5 Å². The van der Waals surface area contributed by atoms with E-state index in [9.17, 15) is 4.79 Å². The minimum absolute atomic E-state index is 0.0158. The molecule has 1 heterocycles. The Morgan fingerprint density at radius 2 is 2.05 bits per heavy atom. The van der Waals surface area contributed by atoms with Gasteiger partial charge in [0.2, 0.25) is 0 Å². The lowest BCUT2D eigenvalue weighted by Gasteiger charge is -2.33. The zero-order valence-corrected chi connectivity index (χ0v) is 10.7. The van der Waals surface area contributed by atoms with Crippen molar-refractivity contribution in [2.75, 3.05) is 7.11 Å². The average molecular weight is 257 g/mol. The normalized spacial score (nSPS) is 21.7. The van der Waals surface area contributed by atoms with Crippen LogP contribution in [0.2, 0.25) is 0 Å². The van der Waals surface area contributed by atoms with E-state index in [0.29, 0.717) is 0 Å². The number of hydrogen-bond donors (Lipinski definition) is 0. The summed E-state index contributed by atoms with van der Waals surface area (Å²) in [5, 5.41) is 1.06. The zero-order valence-electron chi connectivity index (χ0n) is 10.7. The molecule has 1 aliphatic carbocycles. The zero-order chi connectivity index (χ0) is 13.2. The van der Waals surface area contributed by atoms with E-state index in [1.165, 1.54) is 7.11 Å². The number of methoxy groups -OCH3 is 1. The Balaban J connectivity index is 1.72. The number of aromatic nitrogens is 1. The van der Waals surface area contributed by atoms with Crippen LogP contribution >= 0.6 is 0 Å². The van der Waals surface area contributed by atoms with Gasteiger partial charge in [0.05, 0.1) is 13.0 Å². The number of pyridine rings is 1. The van der Waals surface area contributed by atoms with Crippen LogP contribution in [0.25, 0.3) is 10.9 Å². The van der Waals surface area contributed by atoms with Gasteiger partial charge in [-0.05, 0) is 25.0 Å². The van der Waals surface area contributed by atoms with Gasteiger partial charge in [-0.15, -0.1) is 0 Å². The summed E-state index contributed by atoms with van der Waals surface area (Å²) >= 11 is 0. The number of carbonyl (C=O) groups is 1. The van der Waals surface area contributed by atoms with E-state index in [-0.39, 0.29) is 18.0 Å². The monoisotopic (exact) mass is 257 g/mol. The predicted octanol–water partition coefficient (Wildman–Crippen LogP) is 2.57. The van der Waals surface area contributed by atoms with E-state index in [2.05, 4.69) is 4.98 Å². The molecular weight excluding hydrogens is 242 g/mol. The Morgan fingerprint density at radius 1 is 1.26 bits per heavy atom. The number of rotatable bonds is 3. The summed E-state index contributed by atoms with van der Waals surface area (Å²) in [7, 11) is 1.42. The summed E-state index contributed by atoms with van der Waals surface area (Å²) in [5.41, 5.74) is 0.867. The maximum absolute atomic E-state index is 11.3. The Labute approximate surface area is 111 Å². The van der Waals surface area contributed by atoms with E-state index >= 15 is 0 Å². The van der Waals surface area contributed by atoms with E-state index < -0.39 is 0 Å². The molecule has 98 valence electrons. The van der Waals surface area contributed by atoms with Crippen LogP contribution in [-0.2, 0) is 9.53 Å². The summed E-state index contributed by atoms with van der Waals surface area (Å²) < 4.78 is 10.6. The standard InChI is InChI=1S/C15H15NO3/c1-18-15(17)11-8-12(9-11)19-13-6-2-4-10-5-3-7-16-14(10)13/h2-7,11-12H,8-9H2,1H3/t11-,12-. The molecule has 4 nitrogen and oxygen atoms in total. The van der Waals surface area contributed by atoms with Crippen LogP contribution in [-0.4, -0.2) is 24.2 Å². The molecule has 0 N–H and O–H groups in total. The molecule has 0 radical (unpaired) electrons. The molecule has 0 amide bonds. The molecule has 0 aliphatic heterocycles. The summed E-state index contributed by atoms with van der Waals surface area (Å²) in [4.78, 5) is 15.7. The first-order chi connectivity index (χ1) is 9.28. The van der Waals surface area contributed by atoms with Gasteiger partial charge in [-0.25, -0.2) is 0 Å². The Bertz CT molecular complexity index is 600. The Hall–Kier alpha value is -2.10. The van der Waals surface area contributed by atoms with Crippen LogP contribution < -0.4 is 4.74 Å². The number of carbonyl (C=O) groups excluding carboxylic acids is 1. The number of benzene rings is 1. The summed E-state index contributed by atoms with van der Waals surface area (Å²) in [6.07, 6.45) is 3.27. The largest absolute Gasteiger partial charge is 0.488 e.